The normalized spacial score (nSPS) is 11.6. The van der Waals surface area contributed by atoms with E-state index in [-0.39, 0.29) is 0 Å². The van der Waals surface area contributed by atoms with Gasteiger partial charge in [-0.1, -0.05) is 57.0 Å². The Hall–Kier alpha value is -0.763. The van der Waals surface area contributed by atoms with E-state index in [2.05, 4.69) is 46.2 Å². The van der Waals surface area contributed by atoms with Crippen molar-refractivity contribution in [2.45, 2.75) is 51.2 Å². The predicted molar refractivity (Wildman–Crippen MR) is 83.2 cm³/mol. The topological polar surface area (TPSA) is 9.23 Å². The standard InChI is InChI=1S/C16H27OSi/c1-13(2)18(14(3)4)12-6-7-15-8-10-16(17-5)11-9-15/h7-11,13-14,18H,6,12H2,1-5H3. The Bertz CT molecular complexity index is 321. The van der Waals surface area contributed by atoms with Gasteiger partial charge in [-0.15, -0.1) is 0 Å². The Kier molecular flexibility index (Phi) is 6.48. The van der Waals surface area contributed by atoms with Gasteiger partial charge in [0.1, 0.15) is 5.75 Å². The highest BCUT2D eigenvalue weighted by Gasteiger charge is 2.18. The maximum Gasteiger partial charge on any atom is 0.118 e. The molecule has 0 fully saturated rings. The van der Waals surface area contributed by atoms with Crippen LogP contribution in [-0.4, -0.2) is 15.9 Å². The van der Waals surface area contributed by atoms with Gasteiger partial charge in [0.15, 0.2) is 0 Å². The zero-order valence-electron chi connectivity index (χ0n) is 12.4. The van der Waals surface area contributed by atoms with Crippen LogP contribution in [0.15, 0.2) is 24.3 Å². The summed E-state index contributed by atoms with van der Waals surface area (Å²) in [7, 11) is 1.12. The molecule has 0 aliphatic carbocycles. The summed E-state index contributed by atoms with van der Waals surface area (Å²) in [6.07, 6.45) is 3.59. The van der Waals surface area contributed by atoms with E-state index in [0.29, 0.717) is 0 Å². The fourth-order valence-corrected chi connectivity index (χ4v) is 6.04. The molecule has 1 nitrogen and oxygen atoms in total. The smallest absolute Gasteiger partial charge is 0.118 e. The van der Waals surface area contributed by atoms with Crippen LogP contribution in [0.2, 0.25) is 17.1 Å². The summed E-state index contributed by atoms with van der Waals surface area (Å²) in [6.45, 7) is 9.57. The first-order valence-electron chi connectivity index (χ1n) is 7.01. The summed E-state index contributed by atoms with van der Waals surface area (Å²) in [4.78, 5) is 0. The molecule has 0 saturated carbocycles. The average Bonchev–Trinajstić information content (AvgIpc) is 2.34. The number of hydrogen-bond acceptors (Lipinski definition) is 1. The average molecular weight is 263 g/mol. The molecule has 1 radical (unpaired) electrons. The van der Waals surface area contributed by atoms with Crippen molar-refractivity contribution >= 4 is 8.80 Å². The molecule has 0 spiro atoms. The molecule has 0 aliphatic rings. The molecule has 0 aromatic heterocycles. The van der Waals surface area contributed by atoms with E-state index in [1.165, 1.54) is 18.0 Å². The number of methoxy groups -OCH3 is 1. The first-order chi connectivity index (χ1) is 8.54. The minimum Gasteiger partial charge on any atom is -0.497 e. The molecule has 2 heteroatoms. The van der Waals surface area contributed by atoms with Crippen molar-refractivity contribution in [3.05, 3.63) is 36.2 Å². The van der Waals surface area contributed by atoms with Gasteiger partial charge < -0.3 is 4.74 Å². The molecule has 101 valence electrons. The third-order valence-corrected chi connectivity index (χ3v) is 8.13. The van der Waals surface area contributed by atoms with Gasteiger partial charge in [0.2, 0.25) is 0 Å². The van der Waals surface area contributed by atoms with Crippen LogP contribution in [0.1, 0.15) is 39.7 Å². The Balaban J connectivity index is 2.40. The van der Waals surface area contributed by atoms with Gasteiger partial charge in [-0.05, 0) is 30.5 Å². The lowest BCUT2D eigenvalue weighted by Crippen LogP contribution is -2.20. The molecule has 1 aromatic carbocycles. The monoisotopic (exact) mass is 263 g/mol. The van der Waals surface area contributed by atoms with Gasteiger partial charge >= 0.3 is 0 Å². The number of hydrogen-bond donors (Lipinski definition) is 0. The predicted octanol–water partition coefficient (Wildman–Crippen LogP) is 4.68. The Labute approximate surface area is 114 Å². The highest BCUT2D eigenvalue weighted by Crippen LogP contribution is 2.26. The van der Waals surface area contributed by atoms with Crippen molar-refractivity contribution in [1.29, 1.82) is 0 Å². The quantitative estimate of drug-likeness (QED) is 0.649. The van der Waals surface area contributed by atoms with E-state index in [9.17, 15) is 0 Å². The van der Waals surface area contributed by atoms with Crippen LogP contribution in [0, 0.1) is 6.42 Å². The van der Waals surface area contributed by atoms with Crippen molar-refractivity contribution in [1.82, 2.24) is 0 Å². The van der Waals surface area contributed by atoms with Crippen LogP contribution in [0.3, 0.4) is 0 Å². The molecule has 1 aromatic rings. The molecule has 0 bridgehead atoms. The molecule has 0 atom stereocenters. The van der Waals surface area contributed by atoms with Crippen LogP contribution in [0.25, 0.3) is 0 Å². The lowest BCUT2D eigenvalue weighted by molar-refractivity contribution is 0.414. The number of benzene rings is 1. The molecule has 0 amide bonds. The minimum absolute atomic E-state index is 0.593. The van der Waals surface area contributed by atoms with E-state index in [1.54, 1.807) is 7.11 Å². The minimum atomic E-state index is -0.593. The van der Waals surface area contributed by atoms with Crippen LogP contribution in [0.5, 0.6) is 5.75 Å². The lowest BCUT2D eigenvalue weighted by Gasteiger charge is -2.22. The van der Waals surface area contributed by atoms with E-state index in [0.717, 1.165) is 16.8 Å². The van der Waals surface area contributed by atoms with Gasteiger partial charge in [-0.3, -0.25) is 0 Å². The SMILES string of the molecule is COc1ccc([CH]CC[SiH](C(C)C)C(C)C)cc1. The Morgan fingerprint density at radius 2 is 1.61 bits per heavy atom. The maximum atomic E-state index is 5.17. The van der Waals surface area contributed by atoms with E-state index in [4.69, 9.17) is 4.74 Å². The second kappa shape index (κ2) is 7.62. The van der Waals surface area contributed by atoms with Crippen molar-refractivity contribution in [2.75, 3.05) is 7.11 Å². The summed E-state index contributed by atoms with van der Waals surface area (Å²) < 4.78 is 5.17. The molecule has 0 aliphatic heterocycles. The number of rotatable bonds is 7. The van der Waals surface area contributed by atoms with Crippen molar-refractivity contribution in [3.63, 3.8) is 0 Å². The van der Waals surface area contributed by atoms with Gasteiger partial charge in [0.05, 0.1) is 7.11 Å². The van der Waals surface area contributed by atoms with Crippen molar-refractivity contribution in [3.8, 4) is 5.75 Å². The second-order valence-corrected chi connectivity index (χ2v) is 10.3. The summed E-state index contributed by atoms with van der Waals surface area (Å²) in [5.41, 5.74) is 3.14. The fraction of sp³-hybridized carbons (Fsp3) is 0.562. The molecule has 0 heterocycles. The Morgan fingerprint density at radius 1 is 1.06 bits per heavy atom. The third-order valence-electron chi connectivity index (χ3n) is 3.71. The summed E-state index contributed by atoms with van der Waals surface area (Å²) in [5, 5.41) is 0. The molecule has 0 N–H and O–H groups in total. The highest BCUT2D eigenvalue weighted by atomic mass is 28.3. The van der Waals surface area contributed by atoms with Gasteiger partial charge in [-0.25, -0.2) is 0 Å². The van der Waals surface area contributed by atoms with Crippen LogP contribution < -0.4 is 4.74 Å². The molecular weight excluding hydrogens is 236 g/mol. The summed E-state index contributed by atoms with van der Waals surface area (Å²) in [5.74, 6) is 0.934. The van der Waals surface area contributed by atoms with Gasteiger partial charge in [0.25, 0.3) is 0 Å². The molecule has 0 unspecified atom stereocenters. The van der Waals surface area contributed by atoms with Crippen LogP contribution >= 0.6 is 0 Å². The van der Waals surface area contributed by atoms with Gasteiger partial charge in [-0.2, -0.15) is 0 Å². The highest BCUT2D eigenvalue weighted by molar-refractivity contribution is 6.61. The first kappa shape index (κ1) is 15.3. The zero-order chi connectivity index (χ0) is 13.5. The number of ether oxygens (including phenoxy) is 1. The summed E-state index contributed by atoms with van der Waals surface area (Å²) in [6, 6.07) is 9.76. The second-order valence-electron chi connectivity index (χ2n) is 5.71. The Morgan fingerprint density at radius 3 is 2.06 bits per heavy atom. The lowest BCUT2D eigenvalue weighted by atomic mass is 10.1. The van der Waals surface area contributed by atoms with Crippen LogP contribution in [-0.2, 0) is 0 Å². The van der Waals surface area contributed by atoms with Gasteiger partial charge in [0, 0.05) is 8.80 Å². The summed E-state index contributed by atoms with van der Waals surface area (Å²) >= 11 is 0. The molecule has 18 heavy (non-hydrogen) atoms. The van der Waals surface area contributed by atoms with Crippen molar-refractivity contribution in [2.24, 2.45) is 0 Å². The molecular formula is C16H27OSi. The third kappa shape index (κ3) is 4.85. The van der Waals surface area contributed by atoms with E-state index >= 15 is 0 Å². The van der Waals surface area contributed by atoms with E-state index in [1.807, 2.05) is 12.1 Å². The fourth-order valence-electron chi connectivity index (χ4n) is 2.62. The largest absolute Gasteiger partial charge is 0.497 e. The van der Waals surface area contributed by atoms with Crippen molar-refractivity contribution < 1.29 is 4.74 Å². The van der Waals surface area contributed by atoms with E-state index < -0.39 is 8.80 Å². The van der Waals surface area contributed by atoms with Crippen LogP contribution in [0.4, 0.5) is 0 Å². The first-order valence-corrected chi connectivity index (χ1v) is 9.16. The molecule has 0 saturated heterocycles. The maximum absolute atomic E-state index is 5.17. The zero-order valence-corrected chi connectivity index (χ0v) is 13.6. The molecule has 1 rings (SSSR count).